The summed E-state index contributed by atoms with van der Waals surface area (Å²) in [6.07, 6.45) is 3.43. The molecule has 5 rings (SSSR count). The highest BCUT2D eigenvalue weighted by Gasteiger charge is 2.75. The van der Waals surface area contributed by atoms with Crippen molar-refractivity contribution in [1.29, 1.82) is 0 Å². The van der Waals surface area contributed by atoms with Crippen LogP contribution in [0.3, 0.4) is 0 Å². The summed E-state index contributed by atoms with van der Waals surface area (Å²) in [5, 5.41) is 34.2. The molecule has 0 spiro atoms. The standard InChI is InChI=1S/C27H29NO7S/c1-25(2)26(3)9-10-27(25,35-24(26)34)23(33)28-16-7-5-13-11-18(30)21(31)22(32)20(13)14-6-8-19(36-4)17(29)12-15(14)16/h6,8,11-12,16,30-32H,5,7,9-10H2,1-4H3,(H,28,33)/t16-,26-,27+/m0/s1. The SMILES string of the molecule is CSc1ccc2c(cc1=O)[C@@H](NC(=O)[C@@]13CC[C@@](C)(C(=O)O1)C3(C)C)CCc1cc(O)c(O)c(O)c1-2. The number of thioether (sulfide) groups is 1. The first-order chi connectivity index (χ1) is 16.9. The van der Waals surface area contributed by atoms with Crippen LogP contribution in [-0.4, -0.2) is 39.1 Å². The van der Waals surface area contributed by atoms with Gasteiger partial charge < -0.3 is 25.4 Å². The molecule has 1 heterocycles. The number of aromatic hydroxyl groups is 3. The maximum Gasteiger partial charge on any atom is 0.313 e. The molecule has 2 aromatic carbocycles. The number of fused-ring (bicyclic) bond motifs is 5. The lowest BCUT2D eigenvalue weighted by atomic mass is 9.66. The summed E-state index contributed by atoms with van der Waals surface area (Å²) >= 11 is 1.28. The zero-order valence-electron chi connectivity index (χ0n) is 20.6. The van der Waals surface area contributed by atoms with Crippen molar-refractivity contribution >= 4 is 23.6 Å². The molecule has 1 saturated heterocycles. The topological polar surface area (TPSA) is 133 Å². The first-order valence-electron chi connectivity index (χ1n) is 11.9. The summed E-state index contributed by atoms with van der Waals surface area (Å²) in [5.74, 6) is -2.38. The number of ether oxygens (including phenoxy) is 1. The van der Waals surface area contributed by atoms with Crippen LogP contribution in [-0.2, 0) is 20.7 Å². The highest BCUT2D eigenvalue weighted by molar-refractivity contribution is 7.98. The average Bonchev–Trinajstić information content (AvgIpc) is 2.98. The first-order valence-corrected chi connectivity index (χ1v) is 13.1. The Morgan fingerprint density at radius 3 is 2.42 bits per heavy atom. The molecule has 1 aliphatic heterocycles. The van der Waals surface area contributed by atoms with E-state index in [9.17, 15) is 29.7 Å². The third-order valence-electron chi connectivity index (χ3n) is 8.90. The minimum Gasteiger partial charge on any atom is -0.504 e. The number of carbonyl (C=O) groups excluding carboxylic acids is 2. The van der Waals surface area contributed by atoms with Gasteiger partial charge in [0.15, 0.2) is 22.5 Å². The smallest absolute Gasteiger partial charge is 0.313 e. The number of phenols is 3. The molecule has 0 aromatic heterocycles. The lowest BCUT2D eigenvalue weighted by Gasteiger charge is -2.36. The van der Waals surface area contributed by atoms with Crippen LogP contribution in [0.4, 0.5) is 0 Å². The molecule has 190 valence electrons. The largest absolute Gasteiger partial charge is 0.504 e. The van der Waals surface area contributed by atoms with Gasteiger partial charge in [-0.15, -0.1) is 11.8 Å². The van der Waals surface area contributed by atoms with E-state index in [1.54, 1.807) is 18.4 Å². The summed E-state index contributed by atoms with van der Waals surface area (Å²) in [4.78, 5) is 40.0. The van der Waals surface area contributed by atoms with E-state index >= 15 is 0 Å². The van der Waals surface area contributed by atoms with Gasteiger partial charge in [0.05, 0.1) is 16.4 Å². The summed E-state index contributed by atoms with van der Waals surface area (Å²) in [6, 6.07) is 5.53. The Balaban J connectivity index is 1.65. The van der Waals surface area contributed by atoms with Gasteiger partial charge in [0.25, 0.3) is 5.91 Å². The van der Waals surface area contributed by atoms with E-state index in [4.69, 9.17) is 4.74 Å². The van der Waals surface area contributed by atoms with Gasteiger partial charge in [0.1, 0.15) is 0 Å². The van der Waals surface area contributed by atoms with Gasteiger partial charge in [-0.05, 0) is 73.8 Å². The Bertz CT molecular complexity index is 1390. The Hall–Kier alpha value is -3.20. The van der Waals surface area contributed by atoms with Gasteiger partial charge in [-0.25, -0.2) is 0 Å². The zero-order valence-corrected chi connectivity index (χ0v) is 21.4. The molecule has 2 aliphatic carbocycles. The molecule has 1 saturated carbocycles. The van der Waals surface area contributed by atoms with E-state index in [2.05, 4.69) is 5.32 Å². The molecule has 4 N–H and O–H groups in total. The number of benzene rings is 1. The maximum atomic E-state index is 13.9. The zero-order chi connectivity index (χ0) is 26.2. The lowest BCUT2D eigenvalue weighted by Crippen LogP contribution is -2.54. The van der Waals surface area contributed by atoms with Crippen LogP contribution in [0.25, 0.3) is 11.1 Å². The second-order valence-corrected chi connectivity index (χ2v) is 11.5. The third kappa shape index (κ3) is 3.04. The molecule has 9 heteroatoms. The van der Waals surface area contributed by atoms with Crippen LogP contribution in [0.2, 0.25) is 0 Å². The highest BCUT2D eigenvalue weighted by Crippen LogP contribution is 2.65. The number of aryl methyl sites for hydroxylation is 1. The van der Waals surface area contributed by atoms with E-state index in [-0.39, 0.29) is 11.4 Å². The van der Waals surface area contributed by atoms with Gasteiger partial charge in [0.2, 0.25) is 5.75 Å². The Kier molecular flexibility index (Phi) is 5.37. The molecular formula is C27H29NO7S. The van der Waals surface area contributed by atoms with Crippen molar-refractivity contribution in [1.82, 2.24) is 5.32 Å². The minimum absolute atomic E-state index is 0.242. The Morgan fingerprint density at radius 2 is 1.81 bits per heavy atom. The number of nitrogens with one attached hydrogen (secondary N) is 1. The molecule has 3 atom stereocenters. The van der Waals surface area contributed by atoms with Crippen molar-refractivity contribution in [2.75, 3.05) is 6.26 Å². The predicted molar refractivity (Wildman–Crippen MR) is 134 cm³/mol. The van der Waals surface area contributed by atoms with Gasteiger partial charge in [0, 0.05) is 11.0 Å². The molecule has 36 heavy (non-hydrogen) atoms. The van der Waals surface area contributed by atoms with Crippen molar-refractivity contribution in [3.05, 3.63) is 45.6 Å². The molecule has 0 unspecified atom stereocenters. The van der Waals surface area contributed by atoms with E-state index in [0.29, 0.717) is 52.8 Å². The summed E-state index contributed by atoms with van der Waals surface area (Å²) in [7, 11) is 0. The molecule has 0 radical (unpaired) electrons. The number of hydrogen-bond acceptors (Lipinski definition) is 8. The van der Waals surface area contributed by atoms with Gasteiger partial charge >= 0.3 is 5.97 Å². The van der Waals surface area contributed by atoms with Crippen LogP contribution in [0, 0.1) is 10.8 Å². The summed E-state index contributed by atoms with van der Waals surface area (Å²) in [5.41, 5.74) is -1.23. The van der Waals surface area contributed by atoms with Crippen molar-refractivity contribution in [2.45, 2.75) is 63.0 Å². The second-order valence-electron chi connectivity index (χ2n) is 10.6. The summed E-state index contributed by atoms with van der Waals surface area (Å²) < 4.78 is 5.76. The van der Waals surface area contributed by atoms with Crippen LogP contribution in [0.1, 0.15) is 57.2 Å². The lowest BCUT2D eigenvalue weighted by molar-refractivity contribution is -0.168. The number of esters is 1. The molecular weight excluding hydrogens is 482 g/mol. The van der Waals surface area contributed by atoms with E-state index in [0.717, 1.165) is 0 Å². The number of hydrogen-bond donors (Lipinski definition) is 4. The van der Waals surface area contributed by atoms with Crippen LogP contribution in [0.5, 0.6) is 17.2 Å². The summed E-state index contributed by atoms with van der Waals surface area (Å²) in [6.45, 7) is 5.60. The monoisotopic (exact) mass is 511 g/mol. The Labute approximate surface area is 212 Å². The molecule has 1 amide bonds. The van der Waals surface area contributed by atoms with Crippen molar-refractivity contribution in [3.8, 4) is 28.4 Å². The van der Waals surface area contributed by atoms with Crippen LogP contribution >= 0.6 is 11.8 Å². The van der Waals surface area contributed by atoms with Crippen LogP contribution in [0.15, 0.2) is 34.0 Å². The normalized spacial score (nSPS) is 27.6. The number of phenolic OH excluding ortho intramolecular Hbond substituents is 3. The fourth-order valence-corrected chi connectivity index (χ4v) is 6.60. The number of rotatable bonds is 3. The quantitative estimate of drug-likeness (QED) is 0.278. The molecule has 3 aliphatic rings. The molecule has 8 nitrogen and oxygen atoms in total. The number of carbonyl (C=O) groups is 2. The van der Waals surface area contributed by atoms with Crippen molar-refractivity contribution in [3.63, 3.8) is 0 Å². The Morgan fingerprint density at radius 1 is 1.08 bits per heavy atom. The first kappa shape index (κ1) is 24.5. The third-order valence-corrected chi connectivity index (χ3v) is 9.68. The highest BCUT2D eigenvalue weighted by atomic mass is 32.2. The van der Waals surface area contributed by atoms with E-state index in [1.165, 1.54) is 23.9 Å². The minimum atomic E-state index is -1.32. The van der Waals surface area contributed by atoms with Gasteiger partial charge in [-0.1, -0.05) is 19.9 Å². The fourth-order valence-electron chi connectivity index (χ4n) is 6.13. The van der Waals surface area contributed by atoms with E-state index in [1.807, 2.05) is 20.8 Å². The molecule has 2 bridgehead atoms. The predicted octanol–water partition coefficient (Wildman–Crippen LogP) is 3.78. The van der Waals surface area contributed by atoms with Gasteiger partial charge in [-0.3, -0.25) is 14.4 Å². The fraction of sp³-hybridized carbons (Fsp3) is 0.444. The van der Waals surface area contributed by atoms with E-state index < -0.39 is 45.6 Å². The molecule has 2 aromatic rings. The molecule has 2 fully saturated rings. The van der Waals surface area contributed by atoms with Crippen molar-refractivity contribution in [2.24, 2.45) is 10.8 Å². The van der Waals surface area contributed by atoms with Crippen LogP contribution < -0.4 is 10.7 Å². The average molecular weight is 512 g/mol. The maximum absolute atomic E-state index is 13.9. The second kappa shape index (κ2) is 7.90. The van der Waals surface area contributed by atoms with Crippen molar-refractivity contribution < 1.29 is 29.6 Å². The number of amides is 1. The van der Waals surface area contributed by atoms with Gasteiger partial charge in [-0.2, -0.15) is 0 Å².